The summed E-state index contributed by atoms with van der Waals surface area (Å²) in [6.45, 7) is 2.44. The Bertz CT molecular complexity index is 728. The SMILES string of the molecule is Cc1ccc(C2C(C(=O)NCc3cccnc3)CC(=O)N2C)cc1. The molecule has 2 amide bonds. The highest BCUT2D eigenvalue weighted by Crippen LogP contribution is 2.37. The first-order valence-corrected chi connectivity index (χ1v) is 8.05. The molecule has 0 spiro atoms. The second kappa shape index (κ2) is 6.83. The van der Waals surface area contributed by atoms with E-state index in [0.29, 0.717) is 6.54 Å². The largest absolute Gasteiger partial charge is 0.352 e. The van der Waals surface area contributed by atoms with Gasteiger partial charge in [-0.3, -0.25) is 14.6 Å². The summed E-state index contributed by atoms with van der Waals surface area (Å²) in [5.41, 5.74) is 3.09. The van der Waals surface area contributed by atoms with Gasteiger partial charge in [0.05, 0.1) is 12.0 Å². The van der Waals surface area contributed by atoms with E-state index < -0.39 is 0 Å². The molecular formula is C19H21N3O2. The fourth-order valence-electron chi connectivity index (χ4n) is 3.15. The van der Waals surface area contributed by atoms with Crippen LogP contribution in [0.1, 0.15) is 29.2 Å². The summed E-state index contributed by atoms with van der Waals surface area (Å²) in [7, 11) is 1.77. The number of hydrogen-bond acceptors (Lipinski definition) is 3. The van der Waals surface area contributed by atoms with Gasteiger partial charge in [-0.15, -0.1) is 0 Å². The molecule has 2 aromatic rings. The van der Waals surface area contributed by atoms with Crippen LogP contribution in [-0.2, 0) is 16.1 Å². The highest BCUT2D eigenvalue weighted by atomic mass is 16.2. The number of likely N-dealkylation sites (tertiary alicyclic amines) is 1. The van der Waals surface area contributed by atoms with Crippen molar-refractivity contribution in [3.63, 3.8) is 0 Å². The minimum Gasteiger partial charge on any atom is -0.352 e. The average Bonchev–Trinajstić information content (AvgIpc) is 2.90. The Balaban J connectivity index is 1.75. The molecule has 1 aliphatic heterocycles. The predicted octanol–water partition coefficient (Wildman–Crippen LogP) is 2.23. The zero-order valence-corrected chi connectivity index (χ0v) is 13.9. The van der Waals surface area contributed by atoms with E-state index in [1.807, 2.05) is 43.3 Å². The van der Waals surface area contributed by atoms with Crippen molar-refractivity contribution in [1.29, 1.82) is 0 Å². The van der Waals surface area contributed by atoms with E-state index in [1.165, 1.54) is 0 Å². The highest BCUT2D eigenvalue weighted by Gasteiger charge is 2.42. The average molecular weight is 323 g/mol. The van der Waals surface area contributed by atoms with Crippen molar-refractivity contribution in [3.05, 3.63) is 65.5 Å². The Kier molecular flexibility index (Phi) is 4.60. The number of nitrogens with one attached hydrogen (secondary N) is 1. The zero-order valence-electron chi connectivity index (χ0n) is 13.9. The molecule has 24 heavy (non-hydrogen) atoms. The van der Waals surface area contributed by atoms with Crippen molar-refractivity contribution in [1.82, 2.24) is 15.2 Å². The van der Waals surface area contributed by atoms with Crippen molar-refractivity contribution in [2.24, 2.45) is 5.92 Å². The lowest BCUT2D eigenvalue weighted by Gasteiger charge is -2.25. The molecule has 1 saturated heterocycles. The van der Waals surface area contributed by atoms with Crippen LogP contribution in [0.15, 0.2) is 48.8 Å². The Morgan fingerprint density at radius 2 is 2.04 bits per heavy atom. The number of nitrogens with zero attached hydrogens (tertiary/aromatic N) is 2. The number of hydrogen-bond donors (Lipinski definition) is 1. The maximum atomic E-state index is 12.7. The molecule has 1 N–H and O–H groups in total. The molecule has 5 heteroatoms. The predicted molar refractivity (Wildman–Crippen MR) is 90.9 cm³/mol. The summed E-state index contributed by atoms with van der Waals surface area (Å²) in [5, 5.41) is 2.94. The van der Waals surface area contributed by atoms with Gasteiger partial charge in [0.25, 0.3) is 0 Å². The van der Waals surface area contributed by atoms with Crippen LogP contribution in [0, 0.1) is 12.8 Å². The molecule has 0 aliphatic carbocycles. The third-order valence-electron chi connectivity index (χ3n) is 4.53. The maximum absolute atomic E-state index is 12.7. The van der Waals surface area contributed by atoms with Crippen molar-refractivity contribution in [3.8, 4) is 0 Å². The van der Waals surface area contributed by atoms with E-state index in [2.05, 4.69) is 10.3 Å². The number of rotatable bonds is 4. The molecular weight excluding hydrogens is 302 g/mol. The Labute approximate surface area is 141 Å². The number of aryl methyl sites for hydroxylation is 1. The van der Waals surface area contributed by atoms with Gasteiger partial charge in [0.1, 0.15) is 0 Å². The number of amides is 2. The van der Waals surface area contributed by atoms with E-state index in [0.717, 1.165) is 16.7 Å². The van der Waals surface area contributed by atoms with Crippen LogP contribution in [0.2, 0.25) is 0 Å². The summed E-state index contributed by atoms with van der Waals surface area (Å²) in [6.07, 6.45) is 3.67. The zero-order chi connectivity index (χ0) is 17.1. The van der Waals surface area contributed by atoms with Gasteiger partial charge in [-0.1, -0.05) is 35.9 Å². The van der Waals surface area contributed by atoms with Crippen molar-refractivity contribution >= 4 is 11.8 Å². The van der Waals surface area contributed by atoms with Gasteiger partial charge >= 0.3 is 0 Å². The molecule has 124 valence electrons. The van der Waals surface area contributed by atoms with Crippen LogP contribution in [0.3, 0.4) is 0 Å². The maximum Gasteiger partial charge on any atom is 0.226 e. The van der Waals surface area contributed by atoms with Gasteiger partial charge in [0, 0.05) is 32.4 Å². The molecule has 3 rings (SSSR count). The van der Waals surface area contributed by atoms with Gasteiger partial charge in [-0.25, -0.2) is 0 Å². The van der Waals surface area contributed by atoms with Crippen LogP contribution in [0.4, 0.5) is 0 Å². The molecule has 2 unspecified atom stereocenters. The fraction of sp³-hybridized carbons (Fsp3) is 0.316. The number of aromatic nitrogens is 1. The second-order valence-electron chi connectivity index (χ2n) is 6.25. The topological polar surface area (TPSA) is 62.3 Å². The van der Waals surface area contributed by atoms with E-state index in [-0.39, 0.29) is 30.2 Å². The minimum atomic E-state index is -0.373. The summed E-state index contributed by atoms with van der Waals surface area (Å²) in [4.78, 5) is 30.5. The van der Waals surface area contributed by atoms with E-state index in [1.54, 1.807) is 24.3 Å². The van der Waals surface area contributed by atoms with Crippen LogP contribution in [0.25, 0.3) is 0 Å². The Morgan fingerprint density at radius 1 is 1.29 bits per heavy atom. The third kappa shape index (κ3) is 3.30. The molecule has 0 saturated carbocycles. The first-order valence-electron chi connectivity index (χ1n) is 8.05. The quantitative estimate of drug-likeness (QED) is 0.938. The summed E-state index contributed by atoms with van der Waals surface area (Å²) >= 11 is 0. The molecule has 0 bridgehead atoms. The van der Waals surface area contributed by atoms with E-state index in [9.17, 15) is 9.59 Å². The lowest BCUT2D eigenvalue weighted by Crippen LogP contribution is -2.34. The summed E-state index contributed by atoms with van der Waals surface area (Å²) < 4.78 is 0. The van der Waals surface area contributed by atoms with Crippen LogP contribution < -0.4 is 5.32 Å². The van der Waals surface area contributed by atoms with Gasteiger partial charge in [-0.2, -0.15) is 0 Å². The number of pyridine rings is 1. The summed E-state index contributed by atoms with van der Waals surface area (Å²) in [6, 6.07) is 11.5. The summed E-state index contributed by atoms with van der Waals surface area (Å²) in [5.74, 6) is -0.467. The first kappa shape index (κ1) is 16.2. The van der Waals surface area contributed by atoms with Gasteiger partial charge in [-0.05, 0) is 24.1 Å². The van der Waals surface area contributed by atoms with Gasteiger partial charge in [0.15, 0.2) is 0 Å². The number of carbonyl (C=O) groups excluding carboxylic acids is 2. The van der Waals surface area contributed by atoms with Crippen molar-refractivity contribution in [2.75, 3.05) is 7.05 Å². The molecule has 1 aromatic heterocycles. The van der Waals surface area contributed by atoms with Gasteiger partial charge < -0.3 is 10.2 Å². The molecule has 2 heterocycles. The Morgan fingerprint density at radius 3 is 2.71 bits per heavy atom. The smallest absolute Gasteiger partial charge is 0.226 e. The standard InChI is InChI=1S/C19H21N3O2/c1-13-5-7-15(8-6-13)18-16(10-17(23)22(18)2)19(24)21-12-14-4-3-9-20-11-14/h3-9,11,16,18H,10,12H2,1-2H3,(H,21,24). The molecule has 1 aromatic carbocycles. The van der Waals surface area contributed by atoms with Crippen LogP contribution >= 0.6 is 0 Å². The van der Waals surface area contributed by atoms with Crippen LogP contribution in [-0.4, -0.2) is 28.7 Å². The number of benzene rings is 1. The third-order valence-corrected chi connectivity index (χ3v) is 4.53. The van der Waals surface area contributed by atoms with E-state index >= 15 is 0 Å². The lowest BCUT2D eigenvalue weighted by atomic mass is 9.92. The lowest BCUT2D eigenvalue weighted by molar-refractivity contribution is -0.128. The van der Waals surface area contributed by atoms with Crippen molar-refractivity contribution in [2.45, 2.75) is 25.9 Å². The highest BCUT2D eigenvalue weighted by molar-refractivity contribution is 5.90. The molecule has 0 radical (unpaired) electrons. The monoisotopic (exact) mass is 323 g/mol. The Hall–Kier alpha value is -2.69. The molecule has 5 nitrogen and oxygen atoms in total. The molecule has 1 fully saturated rings. The minimum absolute atomic E-state index is 0.00195. The van der Waals surface area contributed by atoms with Crippen molar-refractivity contribution < 1.29 is 9.59 Å². The fourth-order valence-corrected chi connectivity index (χ4v) is 3.15. The van der Waals surface area contributed by atoms with Gasteiger partial charge in [0.2, 0.25) is 11.8 Å². The second-order valence-corrected chi connectivity index (χ2v) is 6.25. The first-order chi connectivity index (χ1) is 11.6. The van der Waals surface area contributed by atoms with E-state index in [4.69, 9.17) is 0 Å². The number of carbonyl (C=O) groups is 2. The van der Waals surface area contributed by atoms with Crippen LogP contribution in [0.5, 0.6) is 0 Å². The molecule has 2 atom stereocenters. The molecule has 1 aliphatic rings. The normalized spacial score (nSPS) is 20.2.